The second kappa shape index (κ2) is 6.03. The largest absolute Gasteiger partial charge is 0.309 e. The molecule has 0 heterocycles. The lowest BCUT2D eigenvalue weighted by molar-refractivity contribution is 0.478. The Hall–Kier alpha value is -1.60. The minimum atomic E-state index is 0.627. The summed E-state index contributed by atoms with van der Waals surface area (Å²) in [5.74, 6) is 0.685. The van der Waals surface area contributed by atoms with Gasteiger partial charge < -0.3 is 5.32 Å². The minimum Gasteiger partial charge on any atom is -0.309 e. The molecule has 0 spiro atoms. The van der Waals surface area contributed by atoms with Crippen LogP contribution in [0.25, 0.3) is 0 Å². The van der Waals surface area contributed by atoms with E-state index in [9.17, 15) is 0 Å². The van der Waals surface area contributed by atoms with Gasteiger partial charge in [-0.1, -0.05) is 67.1 Å². The van der Waals surface area contributed by atoms with E-state index >= 15 is 0 Å². The lowest BCUT2D eigenvalue weighted by Crippen LogP contribution is -2.30. The van der Waals surface area contributed by atoms with Crippen molar-refractivity contribution in [3.8, 4) is 0 Å². The highest BCUT2D eigenvalue weighted by atomic mass is 14.9. The fraction of sp³-hybridized carbons (Fsp3) is 0.333. The van der Waals surface area contributed by atoms with Gasteiger partial charge in [-0.25, -0.2) is 0 Å². The van der Waals surface area contributed by atoms with Crippen LogP contribution in [0.4, 0.5) is 0 Å². The third kappa shape index (κ3) is 3.05. The average Bonchev–Trinajstić information content (AvgIpc) is 2.95. The van der Waals surface area contributed by atoms with Crippen LogP contribution < -0.4 is 5.32 Å². The first kappa shape index (κ1) is 12.4. The summed E-state index contributed by atoms with van der Waals surface area (Å²) in [6.07, 6.45) is 3.95. The molecule has 0 radical (unpaired) electrons. The van der Waals surface area contributed by atoms with E-state index in [1.165, 1.54) is 30.4 Å². The van der Waals surface area contributed by atoms with Gasteiger partial charge in [0.1, 0.15) is 0 Å². The standard InChI is InChI=1S/C18H21N/c1-3-8-15(9-4-1)14-19-18-13-7-12-17(18)16-10-5-2-6-11-16/h1-6,8-11,17-19H,7,12-14H2/t17-,18-/m1/s1. The van der Waals surface area contributed by atoms with Crippen LogP contribution in [-0.2, 0) is 6.54 Å². The zero-order valence-corrected chi connectivity index (χ0v) is 11.3. The molecule has 1 heteroatoms. The molecular formula is C18H21N. The van der Waals surface area contributed by atoms with E-state index in [1.54, 1.807) is 0 Å². The molecule has 1 nitrogen and oxygen atoms in total. The highest BCUT2D eigenvalue weighted by Crippen LogP contribution is 2.34. The SMILES string of the molecule is c1ccc(CN[C@@H]2CCC[C@@H]2c2ccccc2)cc1. The van der Waals surface area contributed by atoms with Crippen LogP contribution in [-0.4, -0.2) is 6.04 Å². The molecule has 98 valence electrons. The van der Waals surface area contributed by atoms with Crippen LogP contribution in [0.5, 0.6) is 0 Å². The van der Waals surface area contributed by atoms with Crippen molar-refractivity contribution in [3.05, 3.63) is 71.8 Å². The third-order valence-corrected chi connectivity index (χ3v) is 4.15. The normalized spacial score (nSPS) is 22.5. The maximum atomic E-state index is 3.75. The second-order valence-electron chi connectivity index (χ2n) is 5.42. The van der Waals surface area contributed by atoms with Crippen LogP contribution >= 0.6 is 0 Å². The van der Waals surface area contributed by atoms with Gasteiger partial charge >= 0.3 is 0 Å². The van der Waals surface area contributed by atoms with Gasteiger partial charge in [0.05, 0.1) is 0 Å². The number of hydrogen-bond acceptors (Lipinski definition) is 1. The lowest BCUT2D eigenvalue weighted by Gasteiger charge is -2.21. The molecule has 2 atom stereocenters. The summed E-state index contributed by atoms with van der Waals surface area (Å²) in [6, 6.07) is 22.3. The fourth-order valence-electron chi connectivity index (χ4n) is 3.15. The Morgan fingerprint density at radius 3 is 2.26 bits per heavy atom. The molecule has 1 aliphatic carbocycles. The Balaban J connectivity index is 1.64. The molecule has 0 aliphatic heterocycles. The molecule has 2 aromatic carbocycles. The molecule has 0 bridgehead atoms. The highest BCUT2D eigenvalue weighted by molar-refractivity contribution is 5.23. The van der Waals surface area contributed by atoms with Gasteiger partial charge in [0.2, 0.25) is 0 Å². The molecule has 0 unspecified atom stereocenters. The van der Waals surface area contributed by atoms with E-state index in [2.05, 4.69) is 66.0 Å². The number of rotatable bonds is 4. The van der Waals surface area contributed by atoms with Crippen LogP contribution in [0, 0.1) is 0 Å². The summed E-state index contributed by atoms with van der Waals surface area (Å²) in [5.41, 5.74) is 2.87. The molecule has 0 saturated heterocycles. The first-order chi connectivity index (χ1) is 9.43. The molecule has 2 aromatic rings. The zero-order chi connectivity index (χ0) is 12.9. The number of hydrogen-bond donors (Lipinski definition) is 1. The summed E-state index contributed by atoms with van der Waals surface area (Å²) in [5, 5.41) is 3.75. The first-order valence-electron chi connectivity index (χ1n) is 7.26. The second-order valence-corrected chi connectivity index (χ2v) is 5.42. The van der Waals surface area contributed by atoms with Crippen LogP contribution in [0.15, 0.2) is 60.7 Å². The van der Waals surface area contributed by atoms with Gasteiger partial charge in [-0.2, -0.15) is 0 Å². The molecule has 1 saturated carbocycles. The van der Waals surface area contributed by atoms with Crippen molar-refractivity contribution in [1.82, 2.24) is 5.32 Å². The molecule has 0 aromatic heterocycles. The molecule has 1 aliphatic rings. The van der Waals surface area contributed by atoms with Crippen molar-refractivity contribution in [3.63, 3.8) is 0 Å². The summed E-state index contributed by atoms with van der Waals surface area (Å²) in [7, 11) is 0. The van der Waals surface area contributed by atoms with Gasteiger partial charge in [-0.3, -0.25) is 0 Å². The Kier molecular flexibility index (Phi) is 3.95. The fourth-order valence-corrected chi connectivity index (χ4v) is 3.15. The molecule has 1 N–H and O–H groups in total. The van der Waals surface area contributed by atoms with Crippen molar-refractivity contribution in [2.75, 3.05) is 0 Å². The molecule has 1 fully saturated rings. The van der Waals surface area contributed by atoms with Crippen molar-refractivity contribution in [1.29, 1.82) is 0 Å². The van der Waals surface area contributed by atoms with Crippen LogP contribution in [0.3, 0.4) is 0 Å². The maximum absolute atomic E-state index is 3.75. The first-order valence-corrected chi connectivity index (χ1v) is 7.26. The molecular weight excluding hydrogens is 230 g/mol. The van der Waals surface area contributed by atoms with Gasteiger partial charge in [0.15, 0.2) is 0 Å². The van der Waals surface area contributed by atoms with E-state index in [0.717, 1.165) is 6.54 Å². The average molecular weight is 251 g/mol. The predicted octanol–water partition coefficient (Wildman–Crippen LogP) is 4.11. The lowest BCUT2D eigenvalue weighted by atomic mass is 9.94. The zero-order valence-electron chi connectivity index (χ0n) is 11.3. The van der Waals surface area contributed by atoms with Gasteiger partial charge in [0, 0.05) is 12.6 Å². The summed E-state index contributed by atoms with van der Waals surface area (Å²) >= 11 is 0. The Morgan fingerprint density at radius 2 is 1.53 bits per heavy atom. The number of nitrogens with one attached hydrogen (secondary N) is 1. The van der Waals surface area contributed by atoms with E-state index in [0.29, 0.717) is 12.0 Å². The minimum absolute atomic E-state index is 0.627. The molecule has 19 heavy (non-hydrogen) atoms. The van der Waals surface area contributed by atoms with Gasteiger partial charge in [-0.15, -0.1) is 0 Å². The van der Waals surface area contributed by atoms with E-state index < -0.39 is 0 Å². The molecule has 0 amide bonds. The van der Waals surface area contributed by atoms with Gasteiger partial charge in [0.25, 0.3) is 0 Å². The summed E-state index contributed by atoms with van der Waals surface area (Å²) in [4.78, 5) is 0. The predicted molar refractivity (Wildman–Crippen MR) is 80.1 cm³/mol. The summed E-state index contributed by atoms with van der Waals surface area (Å²) < 4.78 is 0. The van der Waals surface area contributed by atoms with Crippen molar-refractivity contribution in [2.24, 2.45) is 0 Å². The third-order valence-electron chi connectivity index (χ3n) is 4.15. The van der Waals surface area contributed by atoms with E-state index in [4.69, 9.17) is 0 Å². The van der Waals surface area contributed by atoms with E-state index in [1.807, 2.05) is 0 Å². The van der Waals surface area contributed by atoms with Crippen LogP contribution in [0.1, 0.15) is 36.3 Å². The van der Waals surface area contributed by atoms with Crippen molar-refractivity contribution >= 4 is 0 Å². The van der Waals surface area contributed by atoms with Crippen LogP contribution in [0.2, 0.25) is 0 Å². The number of benzene rings is 2. The molecule has 3 rings (SSSR count). The van der Waals surface area contributed by atoms with E-state index in [-0.39, 0.29) is 0 Å². The van der Waals surface area contributed by atoms with Crippen molar-refractivity contribution < 1.29 is 0 Å². The topological polar surface area (TPSA) is 12.0 Å². The quantitative estimate of drug-likeness (QED) is 0.862. The highest BCUT2D eigenvalue weighted by Gasteiger charge is 2.27. The Labute approximate surface area is 115 Å². The Morgan fingerprint density at radius 1 is 0.842 bits per heavy atom. The Bertz CT molecular complexity index is 492. The van der Waals surface area contributed by atoms with Crippen molar-refractivity contribution in [2.45, 2.75) is 37.8 Å². The smallest absolute Gasteiger partial charge is 0.0208 e. The summed E-state index contributed by atoms with van der Waals surface area (Å²) in [6.45, 7) is 0.981. The van der Waals surface area contributed by atoms with Gasteiger partial charge in [-0.05, 0) is 29.9 Å². The monoisotopic (exact) mass is 251 g/mol. The maximum Gasteiger partial charge on any atom is 0.0208 e.